The predicted octanol–water partition coefficient (Wildman–Crippen LogP) is 5.82. The van der Waals surface area contributed by atoms with Crippen LogP contribution in [0, 0.1) is 0 Å². The summed E-state index contributed by atoms with van der Waals surface area (Å²) in [6.45, 7) is 11.9. The smallest absolute Gasteiger partial charge is 0.164 e. The SMILES string of the molecule is C=C/C=c1\c(=C/C)c2nc3nc(nc4[nH]c(nc5nc(nc1[nH]2)C(C=C)=C5/C=C\C)c1ccccc41)-c1ccccc1-3. The zero-order valence-corrected chi connectivity index (χ0v) is 23.2. The third kappa shape index (κ3) is 3.92. The van der Waals surface area contributed by atoms with Gasteiger partial charge in [0.25, 0.3) is 0 Å². The van der Waals surface area contributed by atoms with Crippen LogP contribution in [0.25, 0.3) is 79.4 Å². The Kier molecular flexibility index (Phi) is 6.01. The molecule has 0 atom stereocenters. The standard InChI is InChI=1S/C34H26N8/c1-5-13-21-19(7-3)28-36-29(21)35-27-20(8-4)22(14-6-2)30(37-27)39-32-25-17-11-12-18-26(25)34(41-32)42-33-24-16-10-9-15-23(24)31(38-28)40-33/h5-18H,1,4H2,2-3H3,(H2,35,36,37,38,39,40,41,42)/b14-6-,19-7+,21-13+. The van der Waals surface area contributed by atoms with E-state index in [-0.39, 0.29) is 0 Å². The number of allylic oxidation sites excluding steroid dienone is 6. The summed E-state index contributed by atoms with van der Waals surface area (Å²) in [4.78, 5) is 36.7. The molecule has 2 aliphatic heterocycles. The van der Waals surface area contributed by atoms with Crippen LogP contribution in [-0.2, 0) is 0 Å². The highest BCUT2D eigenvalue weighted by Crippen LogP contribution is 2.34. The molecule has 3 aromatic heterocycles. The fourth-order valence-corrected chi connectivity index (χ4v) is 5.43. The molecular weight excluding hydrogens is 520 g/mol. The predicted molar refractivity (Wildman–Crippen MR) is 170 cm³/mol. The molecule has 0 unspecified atom stereocenters. The lowest BCUT2D eigenvalue weighted by atomic mass is 10.1. The maximum atomic E-state index is 5.02. The van der Waals surface area contributed by atoms with Crippen LogP contribution in [0.4, 0.5) is 0 Å². The van der Waals surface area contributed by atoms with Crippen LogP contribution < -0.4 is 10.4 Å². The maximum Gasteiger partial charge on any atom is 0.164 e. The average Bonchev–Trinajstić information content (AvgIpc) is 3.72. The normalized spacial score (nSPS) is 13.8. The van der Waals surface area contributed by atoms with Gasteiger partial charge in [0.1, 0.15) is 22.6 Å². The molecule has 0 radical (unpaired) electrons. The monoisotopic (exact) mass is 546 g/mol. The van der Waals surface area contributed by atoms with Gasteiger partial charge in [-0.3, -0.25) is 0 Å². The number of nitrogens with zero attached hydrogens (tertiary/aromatic N) is 6. The molecule has 0 amide bonds. The van der Waals surface area contributed by atoms with Crippen molar-refractivity contribution in [2.75, 3.05) is 0 Å². The van der Waals surface area contributed by atoms with Gasteiger partial charge in [-0.25, -0.2) is 29.9 Å². The van der Waals surface area contributed by atoms with Crippen LogP contribution >= 0.6 is 0 Å². The molecular formula is C34H26N8. The van der Waals surface area contributed by atoms with Gasteiger partial charge in [-0.2, -0.15) is 0 Å². The van der Waals surface area contributed by atoms with E-state index in [0.717, 1.165) is 43.5 Å². The molecule has 0 saturated carbocycles. The highest BCUT2D eigenvalue weighted by Gasteiger charge is 2.21. The Balaban J connectivity index is 1.75. The first-order chi connectivity index (χ1) is 20.6. The number of aromatic amines is 2. The Labute approximate surface area is 241 Å². The summed E-state index contributed by atoms with van der Waals surface area (Å²) >= 11 is 0. The van der Waals surface area contributed by atoms with Gasteiger partial charge in [0.05, 0.1) is 0 Å². The zero-order valence-electron chi connectivity index (χ0n) is 23.2. The average molecular weight is 547 g/mol. The minimum Gasteiger partial charge on any atom is -0.324 e. The van der Waals surface area contributed by atoms with Gasteiger partial charge in [0, 0.05) is 43.5 Å². The van der Waals surface area contributed by atoms with E-state index in [1.807, 2.05) is 86.7 Å². The lowest BCUT2D eigenvalue weighted by Gasteiger charge is -1.96. The molecule has 8 heteroatoms. The molecule has 202 valence electrons. The van der Waals surface area contributed by atoms with Gasteiger partial charge in [-0.15, -0.1) is 0 Å². The molecule has 5 heterocycles. The van der Waals surface area contributed by atoms with Crippen molar-refractivity contribution < 1.29 is 0 Å². The second kappa shape index (κ2) is 10.0. The van der Waals surface area contributed by atoms with E-state index in [1.54, 1.807) is 12.2 Å². The number of aromatic nitrogens is 8. The lowest BCUT2D eigenvalue weighted by molar-refractivity contribution is 1.12. The molecule has 0 aliphatic carbocycles. The first-order valence-electron chi connectivity index (χ1n) is 13.6. The van der Waals surface area contributed by atoms with Gasteiger partial charge in [-0.1, -0.05) is 98.1 Å². The van der Waals surface area contributed by atoms with E-state index >= 15 is 0 Å². The molecule has 0 spiro atoms. The van der Waals surface area contributed by atoms with Crippen molar-refractivity contribution in [3.8, 4) is 22.8 Å². The summed E-state index contributed by atoms with van der Waals surface area (Å²) < 4.78 is 0. The Morgan fingerprint density at radius 1 is 0.595 bits per heavy atom. The Morgan fingerprint density at radius 2 is 1.12 bits per heavy atom. The number of H-pyrrole nitrogens is 2. The Bertz CT molecular complexity index is 2320. The van der Waals surface area contributed by atoms with Crippen LogP contribution in [0.3, 0.4) is 0 Å². The van der Waals surface area contributed by atoms with E-state index in [1.165, 1.54) is 0 Å². The summed E-state index contributed by atoms with van der Waals surface area (Å²) in [5.41, 5.74) is 5.95. The van der Waals surface area contributed by atoms with Crippen molar-refractivity contribution in [3.63, 3.8) is 0 Å². The number of rotatable bonds is 3. The third-order valence-electron chi connectivity index (χ3n) is 7.30. The second-order valence-electron chi connectivity index (χ2n) is 9.75. The fraction of sp³-hybridized carbons (Fsp3) is 0.0588. The number of fused-ring (bicyclic) bond motifs is 14. The van der Waals surface area contributed by atoms with Crippen LogP contribution in [0.15, 0.2) is 86.0 Å². The van der Waals surface area contributed by atoms with E-state index in [4.69, 9.17) is 29.9 Å². The number of benzene rings is 2. The molecule has 2 aromatic carbocycles. The van der Waals surface area contributed by atoms with Gasteiger partial charge < -0.3 is 9.97 Å². The molecule has 0 fully saturated rings. The van der Waals surface area contributed by atoms with Crippen molar-refractivity contribution in [3.05, 3.63) is 108 Å². The summed E-state index contributed by atoms with van der Waals surface area (Å²) in [5, 5.41) is 3.59. The van der Waals surface area contributed by atoms with Crippen LogP contribution in [-0.4, -0.2) is 39.9 Å². The Morgan fingerprint density at radius 3 is 1.74 bits per heavy atom. The largest absolute Gasteiger partial charge is 0.324 e. The summed E-state index contributed by atoms with van der Waals surface area (Å²) in [5.74, 6) is 2.16. The van der Waals surface area contributed by atoms with Gasteiger partial charge in [0.2, 0.25) is 0 Å². The molecule has 8 nitrogen and oxygen atoms in total. The lowest BCUT2D eigenvalue weighted by Crippen LogP contribution is -2.21. The second-order valence-corrected chi connectivity index (χ2v) is 9.75. The third-order valence-corrected chi connectivity index (χ3v) is 7.30. The quantitative estimate of drug-likeness (QED) is 0.289. The minimum absolute atomic E-state index is 0.498. The van der Waals surface area contributed by atoms with Crippen molar-refractivity contribution >= 4 is 56.7 Å². The molecule has 2 N–H and O–H groups in total. The van der Waals surface area contributed by atoms with Crippen molar-refractivity contribution in [2.24, 2.45) is 0 Å². The summed E-state index contributed by atoms with van der Waals surface area (Å²) in [6.07, 6.45) is 11.3. The highest BCUT2D eigenvalue weighted by molar-refractivity contribution is 6.05. The minimum atomic E-state index is 0.498. The fourth-order valence-electron chi connectivity index (χ4n) is 5.43. The van der Waals surface area contributed by atoms with Crippen molar-refractivity contribution in [1.82, 2.24) is 39.9 Å². The first-order valence-corrected chi connectivity index (χ1v) is 13.6. The van der Waals surface area contributed by atoms with Gasteiger partial charge in [0.15, 0.2) is 23.3 Å². The van der Waals surface area contributed by atoms with E-state index in [9.17, 15) is 0 Å². The maximum absolute atomic E-state index is 5.02. The summed E-state index contributed by atoms with van der Waals surface area (Å²) in [7, 11) is 0. The van der Waals surface area contributed by atoms with E-state index in [0.29, 0.717) is 45.9 Å². The number of hydrogen-bond donors (Lipinski definition) is 2. The number of nitrogens with one attached hydrogen (secondary N) is 2. The van der Waals surface area contributed by atoms with Crippen LogP contribution in [0.5, 0.6) is 0 Å². The first kappa shape index (κ1) is 25.2. The molecule has 5 aromatic rings. The molecule has 2 aliphatic rings. The topological polar surface area (TPSA) is 109 Å². The van der Waals surface area contributed by atoms with E-state index in [2.05, 4.69) is 23.1 Å². The van der Waals surface area contributed by atoms with Gasteiger partial charge in [-0.05, 0) is 13.8 Å². The molecule has 42 heavy (non-hydrogen) atoms. The van der Waals surface area contributed by atoms with Crippen LogP contribution in [0.1, 0.15) is 25.5 Å². The van der Waals surface area contributed by atoms with Crippen LogP contribution in [0.2, 0.25) is 0 Å². The van der Waals surface area contributed by atoms with Gasteiger partial charge >= 0.3 is 0 Å². The summed E-state index contributed by atoms with van der Waals surface area (Å²) in [6, 6.07) is 16.0. The van der Waals surface area contributed by atoms with Crippen molar-refractivity contribution in [1.29, 1.82) is 0 Å². The number of hydrogen-bond acceptors (Lipinski definition) is 6. The molecule has 8 bridgehead atoms. The van der Waals surface area contributed by atoms with E-state index < -0.39 is 0 Å². The zero-order chi connectivity index (χ0) is 28.8. The van der Waals surface area contributed by atoms with Crippen molar-refractivity contribution in [2.45, 2.75) is 13.8 Å². The molecule has 7 rings (SSSR count). The molecule has 0 saturated heterocycles. The Hall–Kier alpha value is -5.76. The highest BCUT2D eigenvalue weighted by atomic mass is 15.1.